The van der Waals surface area contributed by atoms with E-state index in [2.05, 4.69) is 25.3 Å². The van der Waals surface area contributed by atoms with E-state index in [1.54, 1.807) is 11.3 Å². The van der Waals surface area contributed by atoms with Crippen LogP contribution in [-0.4, -0.2) is 5.78 Å². The molecule has 3 rings (SSSR count). The SMILES string of the molecule is C=C/C=c1/c(=C/C)/c(=C(\C=C)c2ccc(C(=O)c3ccccc3)cc2)s/c1=C/C. The van der Waals surface area contributed by atoms with Crippen molar-refractivity contribution in [1.82, 2.24) is 0 Å². The Kier molecular flexibility index (Phi) is 6.58. The molecule has 0 saturated carbocycles. The number of allylic oxidation sites excluding steroid dienone is 2. The minimum atomic E-state index is 0.0294. The zero-order valence-corrected chi connectivity index (χ0v) is 17.6. The van der Waals surface area contributed by atoms with Crippen molar-refractivity contribution in [3.05, 3.63) is 116 Å². The van der Waals surface area contributed by atoms with Crippen molar-refractivity contribution < 1.29 is 4.79 Å². The summed E-state index contributed by atoms with van der Waals surface area (Å²) in [6.07, 6.45) is 10.0. The first-order valence-electron chi connectivity index (χ1n) is 9.55. The number of ketones is 1. The molecule has 0 aliphatic carbocycles. The maximum absolute atomic E-state index is 12.7. The molecule has 2 aromatic carbocycles. The van der Waals surface area contributed by atoms with E-state index in [0.717, 1.165) is 11.1 Å². The second kappa shape index (κ2) is 9.31. The monoisotopic (exact) mass is 396 g/mol. The molecule has 0 radical (unpaired) electrons. The first-order valence-corrected chi connectivity index (χ1v) is 10.4. The first-order chi connectivity index (χ1) is 14.1. The van der Waals surface area contributed by atoms with Gasteiger partial charge in [0.1, 0.15) is 0 Å². The highest BCUT2D eigenvalue weighted by atomic mass is 32.1. The molecule has 0 unspecified atom stereocenters. The Morgan fingerprint density at radius 3 is 2.00 bits per heavy atom. The largest absolute Gasteiger partial charge is 0.289 e. The van der Waals surface area contributed by atoms with Gasteiger partial charge in [0.2, 0.25) is 0 Å². The molecule has 29 heavy (non-hydrogen) atoms. The molecular weight excluding hydrogens is 372 g/mol. The molecule has 2 heteroatoms. The van der Waals surface area contributed by atoms with Crippen molar-refractivity contribution in [1.29, 1.82) is 0 Å². The summed E-state index contributed by atoms with van der Waals surface area (Å²) in [6, 6.07) is 17.1. The molecule has 0 aliphatic rings. The average Bonchev–Trinajstić information content (AvgIpc) is 3.12. The van der Waals surface area contributed by atoms with Crippen LogP contribution in [0.4, 0.5) is 0 Å². The van der Waals surface area contributed by atoms with Gasteiger partial charge >= 0.3 is 0 Å². The minimum Gasteiger partial charge on any atom is -0.289 e. The Balaban J connectivity index is 2.18. The van der Waals surface area contributed by atoms with Gasteiger partial charge in [-0.25, -0.2) is 0 Å². The average molecular weight is 397 g/mol. The van der Waals surface area contributed by atoms with Crippen molar-refractivity contribution in [2.24, 2.45) is 0 Å². The van der Waals surface area contributed by atoms with E-state index in [9.17, 15) is 4.79 Å². The fraction of sp³-hybridized carbons (Fsp3) is 0.0741. The predicted octanol–water partition coefficient (Wildman–Crippen LogP) is 3.93. The third-order valence-corrected chi connectivity index (χ3v) is 6.11. The summed E-state index contributed by atoms with van der Waals surface area (Å²) in [5.74, 6) is 0.0294. The third-order valence-electron chi connectivity index (χ3n) is 4.79. The van der Waals surface area contributed by atoms with Gasteiger partial charge in [-0.05, 0) is 35.4 Å². The van der Waals surface area contributed by atoms with E-state index in [-0.39, 0.29) is 5.78 Å². The third kappa shape index (κ3) is 4.13. The van der Waals surface area contributed by atoms with Crippen LogP contribution in [0.1, 0.15) is 35.3 Å². The van der Waals surface area contributed by atoms with E-state index in [1.807, 2.05) is 86.7 Å². The smallest absolute Gasteiger partial charge is 0.193 e. The summed E-state index contributed by atoms with van der Waals surface area (Å²) < 4.78 is 2.38. The van der Waals surface area contributed by atoms with E-state index >= 15 is 0 Å². The molecule has 1 aromatic heterocycles. The van der Waals surface area contributed by atoms with Crippen LogP contribution < -0.4 is 19.5 Å². The number of benzene rings is 2. The number of hydrogen-bond acceptors (Lipinski definition) is 2. The van der Waals surface area contributed by atoms with Gasteiger partial charge in [0.25, 0.3) is 0 Å². The van der Waals surface area contributed by atoms with Gasteiger partial charge < -0.3 is 0 Å². The lowest BCUT2D eigenvalue weighted by Gasteiger charge is -2.05. The maximum atomic E-state index is 12.7. The Morgan fingerprint density at radius 2 is 1.45 bits per heavy atom. The van der Waals surface area contributed by atoms with Gasteiger partial charge in [-0.15, -0.1) is 11.3 Å². The van der Waals surface area contributed by atoms with Crippen molar-refractivity contribution in [2.45, 2.75) is 13.8 Å². The molecule has 0 amide bonds. The van der Waals surface area contributed by atoms with Crippen LogP contribution in [0.2, 0.25) is 0 Å². The highest BCUT2D eigenvalue weighted by Crippen LogP contribution is 2.16. The fourth-order valence-electron chi connectivity index (χ4n) is 3.36. The molecule has 1 nitrogen and oxygen atoms in total. The molecule has 0 aliphatic heterocycles. The highest BCUT2D eigenvalue weighted by Gasteiger charge is 2.09. The lowest BCUT2D eigenvalue weighted by Crippen LogP contribution is -2.37. The van der Waals surface area contributed by atoms with E-state index in [4.69, 9.17) is 0 Å². The molecule has 3 aromatic rings. The second-order valence-electron chi connectivity index (χ2n) is 6.49. The van der Waals surface area contributed by atoms with Crippen molar-refractivity contribution in [3.8, 4) is 0 Å². The zero-order valence-electron chi connectivity index (χ0n) is 16.8. The summed E-state index contributed by atoms with van der Waals surface area (Å²) in [7, 11) is 0. The quantitative estimate of drug-likeness (QED) is 0.597. The normalized spacial score (nSPS) is 14.1. The molecule has 1 heterocycles. The molecular formula is C27H24OS. The number of carbonyl (C=O) groups is 1. The van der Waals surface area contributed by atoms with Crippen LogP contribution in [0, 0.1) is 0 Å². The Bertz CT molecular complexity index is 1290. The Hall–Kier alpha value is -3.23. The number of thiophene rings is 1. The molecule has 0 fully saturated rings. The van der Waals surface area contributed by atoms with Crippen molar-refractivity contribution in [3.63, 3.8) is 0 Å². The standard InChI is InChI=1S/C27H24OS/c1-5-12-24-23(7-3)27(29-25(24)8-4)22(6-2)19-15-17-21(18-16-19)26(28)20-13-10-9-11-14-20/h5-18H,1-2H2,3-4H3/b23-7-,24-12-,25-8+,27-22-. The van der Waals surface area contributed by atoms with Crippen LogP contribution in [-0.2, 0) is 0 Å². The summed E-state index contributed by atoms with van der Waals surface area (Å²) in [5.41, 5.74) is 3.48. The minimum absolute atomic E-state index is 0.0294. The van der Waals surface area contributed by atoms with Gasteiger partial charge in [-0.3, -0.25) is 4.79 Å². The van der Waals surface area contributed by atoms with Crippen LogP contribution in [0.25, 0.3) is 23.8 Å². The number of rotatable bonds is 5. The summed E-state index contributed by atoms with van der Waals surface area (Å²) in [5, 5.41) is 2.36. The maximum Gasteiger partial charge on any atom is 0.193 e. The molecule has 0 N–H and O–H groups in total. The lowest BCUT2D eigenvalue weighted by molar-refractivity contribution is 0.103. The molecule has 0 bridgehead atoms. The Morgan fingerprint density at radius 1 is 0.828 bits per heavy atom. The molecule has 0 saturated heterocycles. The predicted molar refractivity (Wildman–Crippen MR) is 127 cm³/mol. The van der Waals surface area contributed by atoms with Gasteiger partial charge in [-0.2, -0.15) is 0 Å². The molecule has 0 atom stereocenters. The van der Waals surface area contributed by atoms with Crippen LogP contribution in [0.5, 0.6) is 0 Å². The van der Waals surface area contributed by atoms with Crippen LogP contribution >= 0.6 is 11.3 Å². The topological polar surface area (TPSA) is 17.1 Å². The van der Waals surface area contributed by atoms with Gasteiger partial charge in [0.05, 0.1) is 0 Å². The van der Waals surface area contributed by atoms with Crippen molar-refractivity contribution >= 4 is 40.9 Å². The summed E-state index contributed by atoms with van der Waals surface area (Å²) in [6.45, 7) is 12.0. The molecule has 144 valence electrons. The van der Waals surface area contributed by atoms with Gasteiger partial charge in [0, 0.05) is 20.2 Å². The van der Waals surface area contributed by atoms with Gasteiger partial charge in [-0.1, -0.05) is 98.1 Å². The van der Waals surface area contributed by atoms with E-state index in [1.165, 1.54) is 19.5 Å². The number of carbonyl (C=O) groups excluding carboxylic acids is 1. The van der Waals surface area contributed by atoms with Crippen LogP contribution in [0.3, 0.4) is 0 Å². The molecule has 0 spiro atoms. The number of hydrogen-bond donors (Lipinski definition) is 0. The Labute approximate surface area is 175 Å². The zero-order chi connectivity index (χ0) is 20.8. The first kappa shape index (κ1) is 20.5. The van der Waals surface area contributed by atoms with E-state index < -0.39 is 0 Å². The summed E-state index contributed by atoms with van der Waals surface area (Å²) in [4.78, 5) is 12.7. The van der Waals surface area contributed by atoms with Crippen molar-refractivity contribution in [2.75, 3.05) is 0 Å². The summed E-state index contributed by atoms with van der Waals surface area (Å²) >= 11 is 1.74. The van der Waals surface area contributed by atoms with E-state index in [0.29, 0.717) is 11.1 Å². The lowest BCUT2D eigenvalue weighted by atomic mass is 9.99. The highest BCUT2D eigenvalue weighted by molar-refractivity contribution is 7.07. The van der Waals surface area contributed by atoms with Gasteiger partial charge in [0.15, 0.2) is 5.78 Å². The second-order valence-corrected chi connectivity index (χ2v) is 7.55. The van der Waals surface area contributed by atoms with Crippen LogP contribution in [0.15, 0.2) is 79.9 Å². The fourth-order valence-corrected chi connectivity index (χ4v) is 4.64.